The number of fused-ring (bicyclic) bond motifs is 5. The molecule has 7 atom stereocenters. The van der Waals surface area contributed by atoms with Crippen LogP contribution in [-0.4, -0.2) is 17.0 Å². The van der Waals surface area contributed by atoms with Crippen molar-refractivity contribution in [3.8, 4) is 0 Å². The molecular formula is C22H34O2. The number of aliphatic hydroxyl groups excluding tert-OH is 1. The Hall–Kier alpha value is -0.630. The van der Waals surface area contributed by atoms with Crippen LogP contribution < -0.4 is 0 Å². The summed E-state index contributed by atoms with van der Waals surface area (Å²) in [6.45, 7) is 9.28. The second kappa shape index (κ2) is 5.19. The third-order valence-electron chi connectivity index (χ3n) is 9.55. The molecule has 0 aliphatic heterocycles. The van der Waals surface area contributed by atoms with E-state index in [1.165, 1.54) is 37.7 Å². The van der Waals surface area contributed by atoms with Crippen molar-refractivity contribution in [3.05, 3.63) is 11.6 Å². The maximum Gasteiger partial charge on any atom is 0.155 e. The van der Waals surface area contributed by atoms with E-state index in [0.29, 0.717) is 5.78 Å². The normalized spacial score (nSPS) is 52.1. The molecule has 0 heterocycles. The summed E-state index contributed by atoms with van der Waals surface area (Å²) in [7, 11) is 0. The zero-order valence-electron chi connectivity index (χ0n) is 15.9. The zero-order chi connectivity index (χ0) is 17.3. The number of rotatable bonds is 1. The summed E-state index contributed by atoms with van der Waals surface area (Å²) in [5.41, 5.74) is 2.08. The average molecular weight is 331 g/mol. The van der Waals surface area contributed by atoms with Crippen LogP contribution in [0.2, 0.25) is 0 Å². The second-order valence-electron chi connectivity index (χ2n) is 10.1. The second-order valence-corrected chi connectivity index (χ2v) is 10.1. The van der Waals surface area contributed by atoms with Crippen molar-refractivity contribution >= 4 is 5.78 Å². The van der Waals surface area contributed by atoms with Gasteiger partial charge in [-0.3, -0.25) is 4.79 Å². The molecule has 0 radical (unpaired) electrons. The van der Waals surface area contributed by atoms with Crippen LogP contribution in [0.3, 0.4) is 0 Å². The van der Waals surface area contributed by atoms with Crippen LogP contribution in [0.1, 0.15) is 79.1 Å². The quantitative estimate of drug-likeness (QED) is 0.742. The SMILES string of the molecule is CC(O)[C@@]1(C)CC[C@H]2[C@@H]3CCC4=CC(=O)CC[C@@]4(C)[C@@H]3CC[C@@]21C. The molecule has 1 N–H and O–H groups in total. The third-order valence-corrected chi connectivity index (χ3v) is 9.55. The van der Waals surface area contributed by atoms with Gasteiger partial charge in [0, 0.05) is 6.42 Å². The molecule has 3 saturated carbocycles. The maximum atomic E-state index is 11.9. The molecular weight excluding hydrogens is 296 g/mol. The predicted octanol–water partition coefficient (Wildman–Crippen LogP) is 4.91. The highest BCUT2D eigenvalue weighted by Crippen LogP contribution is 2.70. The Morgan fingerprint density at radius 1 is 1.04 bits per heavy atom. The van der Waals surface area contributed by atoms with Crippen LogP contribution in [0.25, 0.3) is 0 Å². The lowest BCUT2D eigenvalue weighted by molar-refractivity contribution is -0.121. The highest BCUT2D eigenvalue weighted by atomic mass is 16.3. The summed E-state index contributed by atoms with van der Waals surface area (Å²) in [5, 5.41) is 10.5. The number of allylic oxidation sites excluding steroid dienone is 1. The molecule has 0 aromatic carbocycles. The Balaban J connectivity index is 1.69. The van der Waals surface area contributed by atoms with Crippen LogP contribution in [0.5, 0.6) is 0 Å². The predicted molar refractivity (Wildman–Crippen MR) is 96.5 cm³/mol. The van der Waals surface area contributed by atoms with Crippen molar-refractivity contribution in [1.29, 1.82) is 0 Å². The van der Waals surface area contributed by atoms with E-state index in [-0.39, 0.29) is 22.3 Å². The molecule has 24 heavy (non-hydrogen) atoms. The number of aliphatic hydroxyl groups is 1. The number of carbonyl (C=O) groups is 1. The van der Waals surface area contributed by atoms with E-state index in [2.05, 4.69) is 20.8 Å². The Bertz CT molecular complexity index is 591. The van der Waals surface area contributed by atoms with Gasteiger partial charge in [0.05, 0.1) is 6.10 Å². The first-order chi connectivity index (χ1) is 11.2. The Labute approximate surface area is 147 Å². The van der Waals surface area contributed by atoms with Gasteiger partial charge in [-0.2, -0.15) is 0 Å². The largest absolute Gasteiger partial charge is 0.393 e. The summed E-state index contributed by atoms with van der Waals surface area (Å²) in [6.07, 6.45) is 11.0. The van der Waals surface area contributed by atoms with Gasteiger partial charge in [-0.15, -0.1) is 0 Å². The van der Waals surface area contributed by atoms with Crippen molar-refractivity contribution in [3.63, 3.8) is 0 Å². The molecule has 4 rings (SSSR count). The topological polar surface area (TPSA) is 37.3 Å². The summed E-state index contributed by atoms with van der Waals surface area (Å²) in [4.78, 5) is 11.9. The van der Waals surface area contributed by atoms with Crippen molar-refractivity contribution in [1.82, 2.24) is 0 Å². The van der Waals surface area contributed by atoms with Crippen LogP contribution in [-0.2, 0) is 4.79 Å². The van der Waals surface area contributed by atoms with Crippen LogP contribution in [0, 0.1) is 34.0 Å². The highest BCUT2D eigenvalue weighted by Gasteiger charge is 2.63. The zero-order valence-corrected chi connectivity index (χ0v) is 15.9. The average Bonchev–Trinajstić information content (AvgIpc) is 2.81. The molecule has 0 spiro atoms. The van der Waals surface area contributed by atoms with Crippen LogP contribution in [0.4, 0.5) is 0 Å². The smallest absolute Gasteiger partial charge is 0.155 e. The standard InChI is InChI=1S/C22H34O2/c1-14(23)21(3)11-9-19-17-6-5-15-13-16(24)7-10-20(15,2)18(17)8-12-22(19,21)4/h13-14,17-19,23H,5-12H2,1-4H3/t14?,17-,18-,19+,20-,21-,22+/m1/s1. The van der Waals surface area contributed by atoms with E-state index < -0.39 is 0 Å². The molecule has 4 aliphatic rings. The first kappa shape index (κ1) is 16.8. The summed E-state index contributed by atoms with van der Waals surface area (Å²) in [6, 6.07) is 0. The molecule has 134 valence electrons. The number of carbonyl (C=O) groups excluding carboxylic acids is 1. The fraction of sp³-hybridized carbons (Fsp3) is 0.864. The van der Waals surface area contributed by atoms with Gasteiger partial charge in [-0.05, 0) is 91.9 Å². The number of ketones is 1. The van der Waals surface area contributed by atoms with E-state index in [0.717, 1.165) is 37.0 Å². The molecule has 2 nitrogen and oxygen atoms in total. The summed E-state index contributed by atoms with van der Waals surface area (Å²) >= 11 is 0. The molecule has 0 aromatic rings. The van der Waals surface area contributed by atoms with Gasteiger partial charge in [0.25, 0.3) is 0 Å². The first-order valence-electron chi connectivity index (χ1n) is 10.1. The highest BCUT2D eigenvalue weighted by molar-refractivity contribution is 5.91. The third kappa shape index (κ3) is 1.95. The van der Waals surface area contributed by atoms with Crippen LogP contribution in [0.15, 0.2) is 11.6 Å². The molecule has 4 aliphatic carbocycles. The summed E-state index contributed by atoms with van der Waals surface area (Å²) < 4.78 is 0. The fourth-order valence-electron chi connectivity index (χ4n) is 7.55. The van der Waals surface area contributed by atoms with E-state index in [9.17, 15) is 9.90 Å². The fourth-order valence-corrected chi connectivity index (χ4v) is 7.55. The van der Waals surface area contributed by atoms with E-state index >= 15 is 0 Å². The van der Waals surface area contributed by atoms with Crippen molar-refractivity contribution in [2.45, 2.75) is 85.2 Å². The Morgan fingerprint density at radius 3 is 2.46 bits per heavy atom. The Morgan fingerprint density at radius 2 is 1.75 bits per heavy atom. The molecule has 0 aromatic heterocycles. The van der Waals surface area contributed by atoms with E-state index in [1.807, 2.05) is 13.0 Å². The van der Waals surface area contributed by atoms with Gasteiger partial charge >= 0.3 is 0 Å². The minimum Gasteiger partial charge on any atom is -0.393 e. The molecule has 1 unspecified atom stereocenters. The molecule has 0 saturated heterocycles. The molecule has 0 amide bonds. The van der Waals surface area contributed by atoms with E-state index in [1.54, 1.807) is 0 Å². The van der Waals surface area contributed by atoms with Gasteiger partial charge in [0.2, 0.25) is 0 Å². The lowest BCUT2D eigenvalue weighted by Crippen LogP contribution is -2.54. The lowest BCUT2D eigenvalue weighted by atomic mass is 9.45. The van der Waals surface area contributed by atoms with Gasteiger partial charge in [0.15, 0.2) is 5.78 Å². The van der Waals surface area contributed by atoms with Crippen LogP contribution >= 0.6 is 0 Å². The number of hydrogen-bond acceptors (Lipinski definition) is 2. The maximum absolute atomic E-state index is 11.9. The summed E-state index contributed by atoms with van der Waals surface area (Å²) in [5.74, 6) is 2.65. The Kier molecular flexibility index (Phi) is 3.64. The van der Waals surface area contributed by atoms with Gasteiger partial charge < -0.3 is 5.11 Å². The van der Waals surface area contributed by atoms with E-state index in [4.69, 9.17) is 0 Å². The van der Waals surface area contributed by atoms with Crippen molar-refractivity contribution in [2.24, 2.45) is 34.0 Å². The molecule has 0 bridgehead atoms. The molecule has 2 heteroatoms. The van der Waals surface area contributed by atoms with Crippen molar-refractivity contribution in [2.75, 3.05) is 0 Å². The minimum atomic E-state index is -0.217. The van der Waals surface area contributed by atoms with Crippen molar-refractivity contribution < 1.29 is 9.90 Å². The first-order valence-corrected chi connectivity index (χ1v) is 10.1. The minimum absolute atomic E-state index is 0.0716. The van der Waals surface area contributed by atoms with Gasteiger partial charge in [-0.1, -0.05) is 26.3 Å². The monoisotopic (exact) mass is 330 g/mol. The number of hydrogen-bond donors (Lipinski definition) is 1. The lowest BCUT2D eigenvalue weighted by Gasteiger charge is -2.60. The van der Waals surface area contributed by atoms with Gasteiger partial charge in [0.1, 0.15) is 0 Å². The van der Waals surface area contributed by atoms with Gasteiger partial charge in [-0.25, -0.2) is 0 Å². The molecule has 3 fully saturated rings.